The first-order valence-corrected chi connectivity index (χ1v) is 7.78. The van der Waals surface area contributed by atoms with Crippen molar-refractivity contribution in [1.82, 2.24) is 0 Å². The molecule has 2 aliphatic rings. The van der Waals surface area contributed by atoms with Gasteiger partial charge in [0, 0.05) is 22.6 Å². The van der Waals surface area contributed by atoms with Gasteiger partial charge in [0.2, 0.25) is 0 Å². The van der Waals surface area contributed by atoms with Gasteiger partial charge in [0.1, 0.15) is 0 Å². The Morgan fingerprint density at radius 3 is 2.77 bits per heavy atom. The molecule has 1 N–H and O–H groups in total. The molecular weight excluding hydrogens is 274 g/mol. The Morgan fingerprint density at radius 2 is 1.95 bits per heavy atom. The zero-order chi connectivity index (χ0) is 15.3. The maximum absolute atomic E-state index is 6.10. The lowest BCUT2D eigenvalue weighted by atomic mass is 9.65. The third-order valence-corrected chi connectivity index (χ3v) is 5.23. The van der Waals surface area contributed by atoms with Gasteiger partial charge in [0.15, 0.2) is 11.5 Å². The molecule has 0 amide bonds. The number of rotatable bonds is 1. The summed E-state index contributed by atoms with van der Waals surface area (Å²) in [7, 11) is 1.69. The van der Waals surface area contributed by atoms with Crippen LogP contribution in [0.4, 0.5) is 5.69 Å². The molecule has 0 saturated carbocycles. The van der Waals surface area contributed by atoms with Crippen molar-refractivity contribution in [3.63, 3.8) is 0 Å². The molecule has 114 valence electrons. The normalized spacial score (nSPS) is 24.1. The molecule has 3 heteroatoms. The molecule has 2 atom stereocenters. The molecule has 0 aromatic heterocycles. The first-order chi connectivity index (χ1) is 10.6. The SMILES string of the molecule is COc1cccc2c1OC[C@@H]1[C@H]2Nc2ccccc2C1(C)C. The van der Waals surface area contributed by atoms with E-state index in [9.17, 15) is 0 Å². The van der Waals surface area contributed by atoms with Crippen LogP contribution in [0.3, 0.4) is 0 Å². The van der Waals surface area contributed by atoms with Crippen molar-refractivity contribution in [1.29, 1.82) is 0 Å². The van der Waals surface area contributed by atoms with Crippen molar-refractivity contribution in [2.45, 2.75) is 25.3 Å². The second-order valence-corrected chi connectivity index (χ2v) is 6.69. The Kier molecular flexibility index (Phi) is 2.86. The number of ether oxygens (including phenoxy) is 2. The standard InChI is InChI=1S/C19H21NO2/c1-19(2)13-8-4-5-9-15(13)20-17-12-7-6-10-16(21-3)18(12)22-11-14(17)19/h4-10,14,17,20H,11H2,1-3H3/t14-,17+/m1/s1. The summed E-state index contributed by atoms with van der Waals surface area (Å²) in [5.41, 5.74) is 3.85. The number of hydrogen-bond donors (Lipinski definition) is 1. The monoisotopic (exact) mass is 295 g/mol. The van der Waals surface area contributed by atoms with E-state index in [0.717, 1.165) is 11.5 Å². The highest BCUT2D eigenvalue weighted by atomic mass is 16.5. The third-order valence-electron chi connectivity index (χ3n) is 5.23. The molecule has 2 aliphatic heterocycles. The summed E-state index contributed by atoms with van der Waals surface area (Å²) < 4.78 is 11.6. The molecule has 2 heterocycles. The van der Waals surface area contributed by atoms with Gasteiger partial charge in [-0.25, -0.2) is 0 Å². The molecule has 0 spiro atoms. The number of hydrogen-bond acceptors (Lipinski definition) is 3. The summed E-state index contributed by atoms with van der Waals surface area (Å²) in [6.45, 7) is 5.34. The Bertz CT molecular complexity index is 723. The fourth-order valence-corrected chi connectivity index (χ4v) is 3.92. The van der Waals surface area contributed by atoms with E-state index in [1.165, 1.54) is 16.8 Å². The van der Waals surface area contributed by atoms with Crippen LogP contribution < -0.4 is 14.8 Å². The highest BCUT2D eigenvalue weighted by molar-refractivity contribution is 5.62. The molecule has 2 aromatic carbocycles. The molecule has 22 heavy (non-hydrogen) atoms. The van der Waals surface area contributed by atoms with Crippen molar-refractivity contribution in [3.05, 3.63) is 53.6 Å². The van der Waals surface area contributed by atoms with Crippen molar-refractivity contribution >= 4 is 5.69 Å². The van der Waals surface area contributed by atoms with Crippen LogP contribution in [0.15, 0.2) is 42.5 Å². The van der Waals surface area contributed by atoms with E-state index in [2.05, 4.69) is 49.5 Å². The van der Waals surface area contributed by atoms with E-state index in [0.29, 0.717) is 12.5 Å². The van der Waals surface area contributed by atoms with Gasteiger partial charge in [-0.2, -0.15) is 0 Å². The number of para-hydroxylation sites is 2. The van der Waals surface area contributed by atoms with Gasteiger partial charge in [-0.05, 0) is 17.7 Å². The van der Waals surface area contributed by atoms with Gasteiger partial charge in [0.25, 0.3) is 0 Å². The van der Waals surface area contributed by atoms with Gasteiger partial charge in [-0.3, -0.25) is 0 Å². The average molecular weight is 295 g/mol. The zero-order valence-corrected chi connectivity index (χ0v) is 13.2. The Morgan fingerprint density at radius 1 is 1.14 bits per heavy atom. The molecule has 3 nitrogen and oxygen atoms in total. The molecule has 0 unspecified atom stereocenters. The van der Waals surface area contributed by atoms with E-state index in [1.54, 1.807) is 7.11 Å². The molecular formula is C19H21NO2. The number of benzene rings is 2. The molecule has 4 rings (SSSR count). The number of fused-ring (bicyclic) bond motifs is 4. The summed E-state index contributed by atoms with van der Waals surface area (Å²) >= 11 is 0. The molecule has 0 fully saturated rings. The largest absolute Gasteiger partial charge is 0.493 e. The van der Waals surface area contributed by atoms with Crippen LogP contribution in [0.5, 0.6) is 11.5 Å². The zero-order valence-electron chi connectivity index (χ0n) is 13.2. The van der Waals surface area contributed by atoms with Crippen LogP contribution in [0, 0.1) is 5.92 Å². The first kappa shape index (κ1) is 13.5. The van der Waals surface area contributed by atoms with E-state index < -0.39 is 0 Å². The lowest BCUT2D eigenvalue weighted by molar-refractivity contribution is 0.131. The molecule has 0 radical (unpaired) electrons. The minimum absolute atomic E-state index is 0.0628. The van der Waals surface area contributed by atoms with Gasteiger partial charge in [-0.1, -0.05) is 44.2 Å². The minimum atomic E-state index is 0.0628. The quantitative estimate of drug-likeness (QED) is 0.857. The van der Waals surface area contributed by atoms with Crippen molar-refractivity contribution in [2.24, 2.45) is 5.92 Å². The first-order valence-electron chi connectivity index (χ1n) is 7.78. The second-order valence-electron chi connectivity index (χ2n) is 6.69. The second kappa shape index (κ2) is 4.67. The van der Waals surface area contributed by atoms with E-state index in [1.807, 2.05) is 12.1 Å². The minimum Gasteiger partial charge on any atom is -0.493 e. The summed E-state index contributed by atoms with van der Waals surface area (Å²) in [5, 5.41) is 3.73. The van der Waals surface area contributed by atoms with Crippen LogP contribution in [-0.4, -0.2) is 13.7 Å². The summed E-state index contributed by atoms with van der Waals surface area (Å²) in [6, 6.07) is 15.0. The molecule has 0 saturated heterocycles. The van der Waals surface area contributed by atoms with Gasteiger partial charge in [-0.15, -0.1) is 0 Å². The average Bonchev–Trinajstić information content (AvgIpc) is 2.54. The maximum Gasteiger partial charge on any atom is 0.166 e. The summed E-state index contributed by atoms with van der Waals surface area (Å²) in [5.74, 6) is 2.09. The maximum atomic E-state index is 6.10. The highest BCUT2D eigenvalue weighted by Crippen LogP contribution is 2.53. The smallest absolute Gasteiger partial charge is 0.166 e. The number of nitrogens with one attached hydrogen (secondary N) is 1. The summed E-state index contributed by atoms with van der Waals surface area (Å²) in [4.78, 5) is 0. The van der Waals surface area contributed by atoms with Crippen molar-refractivity contribution < 1.29 is 9.47 Å². The predicted octanol–water partition coefficient (Wildman–Crippen LogP) is 4.15. The van der Waals surface area contributed by atoms with Crippen molar-refractivity contribution in [3.8, 4) is 11.5 Å². The predicted molar refractivity (Wildman–Crippen MR) is 87.8 cm³/mol. The molecule has 2 aromatic rings. The van der Waals surface area contributed by atoms with Crippen LogP contribution >= 0.6 is 0 Å². The van der Waals surface area contributed by atoms with E-state index in [4.69, 9.17) is 9.47 Å². The van der Waals surface area contributed by atoms with E-state index in [-0.39, 0.29) is 11.5 Å². The molecule has 0 bridgehead atoms. The fraction of sp³-hybridized carbons (Fsp3) is 0.368. The van der Waals surface area contributed by atoms with Crippen LogP contribution in [0.2, 0.25) is 0 Å². The third kappa shape index (κ3) is 1.75. The lowest BCUT2D eigenvalue weighted by Crippen LogP contribution is -2.46. The highest BCUT2D eigenvalue weighted by Gasteiger charge is 2.46. The summed E-state index contributed by atoms with van der Waals surface area (Å²) in [6.07, 6.45) is 0. The Balaban J connectivity index is 1.87. The number of anilines is 1. The van der Waals surface area contributed by atoms with Crippen LogP contribution in [0.1, 0.15) is 31.0 Å². The number of methoxy groups -OCH3 is 1. The van der Waals surface area contributed by atoms with Crippen LogP contribution in [-0.2, 0) is 5.41 Å². The lowest BCUT2D eigenvalue weighted by Gasteiger charge is -2.48. The van der Waals surface area contributed by atoms with Crippen LogP contribution in [0.25, 0.3) is 0 Å². The van der Waals surface area contributed by atoms with E-state index >= 15 is 0 Å². The Hall–Kier alpha value is -2.16. The fourth-order valence-electron chi connectivity index (χ4n) is 3.92. The van der Waals surface area contributed by atoms with Gasteiger partial charge in [0.05, 0.1) is 19.8 Å². The van der Waals surface area contributed by atoms with Crippen molar-refractivity contribution in [2.75, 3.05) is 19.0 Å². The van der Waals surface area contributed by atoms with Gasteiger partial charge < -0.3 is 14.8 Å². The Labute approximate surface area is 131 Å². The molecule has 0 aliphatic carbocycles. The van der Waals surface area contributed by atoms with Gasteiger partial charge >= 0.3 is 0 Å². The topological polar surface area (TPSA) is 30.5 Å².